The smallest absolute Gasteiger partial charge is 0.148 e. The molecule has 0 amide bonds. The number of hydrogen-bond donors (Lipinski definition) is 1. The molecular weight excluding hydrogens is 256 g/mol. The summed E-state index contributed by atoms with van der Waals surface area (Å²) < 4.78 is 5.84. The normalized spacial score (nSPS) is 14.3. The van der Waals surface area contributed by atoms with E-state index in [-0.39, 0.29) is 12.1 Å². The summed E-state index contributed by atoms with van der Waals surface area (Å²) in [4.78, 5) is 5.08. The highest BCUT2D eigenvalue weighted by molar-refractivity contribution is 7.10. The summed E-state index contributed by atoms with van der Waals surface area (Å²) in [5, 5.41) is 2.56. The van der Waals surface area contributed by atoms with Gasteiger partial charge in [-0.25, -0.2) is 0 Å². The van der Waals surface area contributed by atoms with Crippen LogP contribution in [0.25, 0.3) is 0 Å². The molecule has 5 heteroatoms. The Hall–Kier alpha value is -1.10. The molecule has 2 heterocycles. The Kier molecular flexibility index (Phi) is 3.99. The molecule has 2 aromatic rings. The fourth-order valence-corrected chi connectivity index (χ4v) is 2.51. The standard InChI is InChI=1S/C12H13ClN2OS/c1-8(14)12(11-3-2-4-17-11)16-10-5-9(13)6-15-7-10/h2-8,12H,14H2,1H3. The Balaban J connectivity index is 2.19. The van der Waals surface area contributed by atoms with Crippen LogP contribution in [0.3, 0.4) is 0 Å². The predicted molar refractivity (Wildman–Crippen MR) is 70.6 cm³/mol. The van der Waals surface area contributed by atoms with Gasteiger partial charge in [-0.1, -0.05) is 17.7 Å². The zero-order valence-electron chi connectivity index (χ0n) is 9.34. The number of halogens is 1. The van der Waals surface area contributed by atoms with Crippen LogP contribution < -0.4 is 10.5 Å². The van der Waals surface area contributed by atoms with E-state index in [9.17, 15) is 0 Å². The Bertz CT molecular complexity index is 473. The van der Waals surface area contributed by atoms with Crippen molar-refractivity contribution in [3.63, 3.8) is 0 Å². The first kappa shape index (κ1) is 12.4. The van der Waals surface area contributed by atoms with Crippen molar-refractivity contribution < 1.29 is 4.74 Å². The minimum Gasteiger partial charge on any atom is -0.482 e. The van der Waals surface area contributed by atoms with Crippen LogP contribution in [0, 0.1) is 0 Å². The van der Waals surface area contributed by atoms with Crippen molar-refractivity contribution in [2.45, 2.75) is 19.1 Å². The molecule has 0 aliphatic heterocycles. The lowest BCUT2D eigenvalue weighted by Gasteiger charge is -2.21. The third-order valence-electron chi connectivity index (χ3n) is 2.24. The van der Waals surface area contributed by atoms with E-state index in [1.807, 2.05) is 24.4 Å². The molecular formula is C12H13ClN2OS. The van der Waals surface area contributed by atoms with E-state index in [0.29, 0.717) is 10.8 Å². The number of nitrogens with zero attached hydrogens (tertiary/aromatic N) is 1. The second-order valence-corrected chi connectivity index (χ2v) is 5.17. The number of thiophene rings is 1. The van der Waals surface area contributed by atoms with Gasteiger partial charge in [0.1, 0.15) is 11.9 Å². The Morgan fingerprint density at radius 1 is 1.47 bits per heavy atom. The third kappa shape index (κ3) is 3.19. The molecule has 2 N–H and O–H groups in total. The lowest BCUT2D eigenvalue weighted by molar-refractivity contribution is 0.183. The monoisotopic (exact) mass is 268 g/mol. The molecule has 0 spiro atoms. The predicted octanol–water partition coefficient (Wildman–Crippen LogP) is 3.26. The quantitative estimate of drug-likeness (QED) is 0.926. The molecule has 0 saturated heterocycles. The average molecular weight is 269 g/mol. The Morgan fingerprint density at radius 2 is 2.29 bits per heavy atom. The minimum atomic E-state index is -0.171. The van der Waals surface area contributed by atoms with E-state index in [1.54, 1.807) is 29.8 Å². The molecule has 0 aliphatic rings. The highest BCUT2D eigenvalue weighted by atomic mass is 35.5. The van der Waals surface area contributed by atoms with E-state index < -0.39 is 0 Å². The lowest BCUT2D eigenvalue weighted by atomic mass is 10.1. The summed E-state index contributed by atoms with van der Waals surface area (Å²) in [6, 6.07) is 5.62. The molecule has 2 rings (SSSR count). The second-order valence-electron chi connectivity index (χ2n) is 3.75. The maximum absolute atomic E-state index is 5.94. The van der Waals surface area contributed by atoms with Gasteiger partial charge in [0.15, 0.2) is 0 Å². The largest absolute Gasteiger partial charge is 0.482 e. The van der Waals surface area contributed by atoms with Crippen molar-refractivity contribution in [2.75, 3.05) is 0 Å². The molecule has 90 valence electrons. The maximum Gasteiger partial charge on any atom is 0.148 e. The van der Waals surface area contributed by atoms with Gasteiger partial charge in [-0.15, -0.1) is 11.3 Å². The number of pyridine rings is 1. The van der Waals surface area contributed by atoms with Crippen LogP contribution in [-0.4, -0.2) is 11.0 Å². The average Bonchev–Trinajstić information content (AvgIpc) is 2.78. The Morgan fingerprint density at radius 3 is 2.88 bits per heavy atom. The molecule has 2 atom stereocenters. The van der Waals surface area contributed by atoms with Gasteiger partial charge in [-0.05, 0) is 18.4 Å². The lowest BCUT2D eigenvalue weighted by Crippen LogP contribution is -2.28. The number of hydrogen-bond acceptors (Lipinski definition) is 4. The van der Waals surface area contributed by atoms with Crippen molar-refractivity contribution in [1.82, 2.24) is 4.98 Å². The minimum absolute atomic E-state index is 0.104. The molecule has 3 nitrogen and oxygen atoms in total. The molecule has 17 heavy (non-hydrogen) atoms. The maximum atomic E-state index is 5.94. The molecule has 0 fully saturated rings. The van der Waals surface area contributed by atoms with Crippen LogP contribution in [0.2, 0.25) is 5.02 Å². The molecule has 2 unspecified atom stereocenters. The van der Waals surface area contributed by atoms with Crippen LogP contribution >= 0.6 is 22.9 Å². The van der Waals surface area contributed by atoms with Crippen molar-refractivity contribution in [3.8, 4) is 5.75 Å². The molecule has 0 bridgehead atoms. The highest BCUT2D eigenvalue weighted by Crippen LogP contribution is 2.28. The van der Waals surface area contributed by atoms with Gasteiger partial charge in [0.2, 0.25) is 0 Å². The van der Waals surface area contributed by atoms with Crippen LogP contribution in [0.5, 0.6) is 5.75 Å². The van der Waals surface area contributed by atoms with E-state index in [1.165, 1.54) is 0 Å². The fourth-order valence-electron chi connectivity index (χ4n) is 1.48. The van der Waals surface area contributed by atoms with Crippen LogP contribution in [0.15, 0.2) is 36.0 Å². The van der Waals surface area contributed by atoms with Crippen LogP contribution in [-0.2, 0) is 0 Å². The van der Waals surface area contributed by atoms with E-state index in [2.05, 4.69) is 4.98 Å². The van der Waals surface area contributed by atoms with Crippen molar-refractivity contribution >= 4 is 22.9 Å². The zero-order valence-corrected chi connectivity index (χ0v) is 10.9. The topological polar surface area (TPSA) is 48.1 Å². The number of aromatic nitrogens is 1. The highest BCUT2D eigenvalue weighted by Gasteiger charge is 2.19. The van der Waals surface area contributed by atoms with Gasteiger partial charge in [0.25, 0.3) is 0 Å². The number of rotatable bonds is 4. The van der Waals surface area contributed by atoms with Gasteiger partial charge in [0.05, 0.1) is 11.2 Å². The van der Waals surface area contributed by atoms with Crippen molar-refractivity contribution in [2.24, 2.45) is 5.73 Å². The summed E-state index contributed by atoms with van der Waals surface area (Å²) in [5.41, 5.74) is 5.94. The molecule has 0 aromatic carbocycles. The molecule has 0 radical (unpaired) electrons. The summed E-state index contributed by atoms with van der Waals surface area (Å²) >= 11 is 7.49. The van der Waals surface area contributed by atoms with E-state index in [4.69, 9.17) is 22.1 Å². The summed E-state index contributed by atoms with van der Waals surface area (Å²) in [6.45, 7) is 1.92. The first-order chi connectivity index (χ1) is 8.16. The zero-order chi connectivity index (χ0) is 12.3. The van der Waals surface area contributed by atoms with Crippen molar-refractivity contribution in [1.29, 1.82) is 0 Å². The second kappa shape index (κ2) is 5.49. The van der Waals surface area contributed by atoms with Gasteiger partial charge in [0, 0.05) is 23.2 Å². The third-order valence-corrected chi connectivity index (χ3v) is 3.38. The summed E-state index contributed by atoms with van der Waals surface area (Å²) in [7, 11) is 0. The van der Waals surface area contributed by atoms with Gasteiger partial charge in [-0.2, -0.15) is 0 Å². The Labute approximate surface area is 109 Å². The molecule has 2 aromatic heterocycles. The van der Waals surface area contributed by atoms with Crippen LogP contribution in [0.1, 0.15) is 17.9 Å². The van der Waals surface area contributed by atoms with Gasteiger partial charge in [-0.3, -0.25) is 4.98 Å². The van der Waals surface area contributed by atoms with E-state index >= 15 is 0 Å². The summed E-state index contributed by atoms with van der Waals surface area (Å²) in [6.07, 6.45) is 3.03. The number of nitrogens with two attached hydrogens (primary N) is 1. The van der Waals surface area contributed by atoms with Crippen molar-refractivity contribution in [3.05, 3.63) is 45.9 Å². The first-order valence-electron chi connectivity index (χ1n) is 5.23. The fraction of sp³-hybridized carbons (Fsp3) is 0.250. The molecule has 0 saturated carbocycles. The first-order valence-corrected chi connectivity index (χ1v) is 6.49. The van der Waals surface area contributed by atoms with E-state index in [0.717, 1.165) is 4.88 Å². The van der Waals surface area contributed by atoms with Crippen LogP contribution in [0.4, 0.5) is 0 Å². The molecule has 0 aliphatic carbocycles. The van der Waals surface area contributed by atoms with Gasteiger partial charge < -0.3 is 10.5 Å². The SMILES string of the molecule is CC(N)C(Oc1cncc(Cl)c1)c1cccs1. The summed E-state index contributed by atoms with van der Waals surface area (Å²) in [5.74, 6) is 0.633. The van der Waals surface area contributed by atoms with Gasteiger partial charge >= 0.3 is 0 Å². The number of ether oxygens (including phenoxy) is 1.